The summed E-state index contributed by atoms with van der Waals surface area (Å²) < 4.78 is 16.8. The fraction of sp³-hybridized carbons (Fsp3) is 0.133. The van der Waals surface area contributed by atoms with Crippen molar-refractivity contribution in [2.45, 2.75) is 12.6 Å². The Bertz CT molecular complexity index is 1460. The first kappa shape index (κ1) is 25.1. The molecule has 1 aliphatic rings. The number of hydrogen-bond acceptors (Lipinski definition) is 7. The van der Waals surface area contributed by atoms with E-state index < -0.39 is 17.7 Å². The first-order chi connectivity index (χ1) is 18.5. The number of ether oxygens (including phenoxy) is 3. The number of carbonyl (C=O) groups is 2. The van der Waals surface area contributed by atoms with Crippen LogP contribution in [0.4, 0.5) is 5.69 Å². The summed E-state index contributed by atoms with van der Waals surface area (Å²) in [5.74, 6) is -0.632. The highest BCUT2D eigenvalue weighted by atomic mass is 32.1. The van der Waals surface area contributed by atoms with Crippen molar-refractivity contribution in [1.29, 1.82) is 0 Å². The van der Waals surface area contributed by atoms with Gasteiger partial charge in [0.1, 0.15) is 41.2 Å². The fourth-order valence-electron chi connectivity index (χ4n) is 4.48. The minimum atomic E-state index is -0.833. The predicted octanol–water partition coefficient (Wildman–Crippen LogP) is 5.97. The van der Waals surface area contributed by atoms with Crippen molar-refractivity contribution in [2.24, 2.45) is 0 Å². The number of thiophene rings is 1. The number of amides is 1. The lowest BCUT2D eigenvalue weighted by molar-refractivity contribution is -0.132. The monoisotopic (exact) mass is 527 g/mol. The SMILES string of the molecule is COc1cccc(OC)c1/C(O)=C1\C(=O)C(=O)N(c2ccc(OCc3ccccc3)cc2)C1c1cccs1. The minimum Gasteiger partial charge on any atom is -0.506 e. The van der Waals surface area contributed by atoms with E-state index in [4.69, 9.17) is 14.2 Å². The first-order valence-electron chi connectivity index (χ1n) is 11.9. The number of rotatable bonds is 8. The molecule has 7 nitrogen and oxygen atoms in total. The lowest BCUT2D eigenvalue weighted by atomic mass is 9.98. The van der Waals surface area contributed by atoms with Crippen LogP contribution in [-0.2, 0) is 16.2 Å². The standard InChI is InChI=1S/C30H25NO6S/c1-35-22-10-6-11-23(36-2)25(22)28(32)26-27(24-12-7-17-38-24)31(30(34)29(26)33)20-13-15-21(16-14-20)37-18-19-8-4-3-5-9-19/h3-17,27,32H,18H2,1-2H3/b28-26+. The van der Waals surface area contributed by atoms with Gasteiger partial charge in [-0.25, -0.2) is 0 Å². The number of hydrogen-bond donors (Lipinski definition) is 1. The molecule has 1 atom stereocenters. The maximum atomic E-state index is 13.4. The molecule has 1 aromatic heterocycles. The third kappa shape index (κ3) is 4.62. The highest BCUT2D eigenvalue weighted by molar-refractivity contribution is 7.10. The van der Waals surface area contributed by atoms with E-state index in [1.165, 1.54) is 30.5 Å². The van der Waals surface area contributed by atoms with Crippen LogP contribution in [0.25, 0.3) is 5.76 Å². The lowest BCUT2D eigenvalue weighted by Crippen LogP contribution is -2.29. The molecule has 1 fully saturated rings. The number of nitrogens with zero attached hydrogens (tertiary/aromatic N) is 1. The molecular formula is C30H25NO6S. The molecule has 1 unspecified atom stereocenters. The third-order valence-corrected chi connectivity index (χ3v) is 7.21. The zero-order valence-electron chi connectivity index (χ0n) is 20.8. The van der Waals surface area contributed by atoms with Crippen LogP contribution in [-0.4, -0.2) is 31.0 Å². The van der Waals surface area contributed by atoms with Gasteiger partial charge in [0.25, 0.3) is 11.7 Å². The summed E-state index contributed by atoms with van der Waals surface area (Å²) >= 11 is 1.39. The number of anilines is 1. The van der Waals surface area contributed by atoms with Gasteiger partial charge in [0, 0.05) is 10.6 Å². The molecule has 0 aliphatic carbocycles. The Labute approximate surface area is 224 Å². The van der Waals surface area contributed by atoms with Crippen molar-refractivity contribution in [3.05, 3.63) is 112 Å². The molecule has 0 bridgehead atoms. The molecule has 1 N–H and O–H groups in total. The highest BCUT2D eigenvalue weighted by Gasteiger charge is 2.48. The van der Waals surface area contributed by atoms with E-state index >= 15 is 0 Å². The second-order valence-electron chi connectivity index (χ2n) is 8.49. The summed E-state index contributed by atoms with van der Waals surface area (Å²) in [6.45, 7) is 0.403. The summed E-state index contributed by atoms with van der Waals surface area (Å²) in [4.78, 5) is 29.0. The Kier molecular flexibility index (Phi) is 7.15. The molecule has 8 heteroatoms. The van der Waals surface area contributed by atoms with Crippen LogP contribution in [0.2, 0.25) is 0 Å². The van der Waals surface area contributed by atoms with Gasteiger partial charge in [-0.15, -0.1) is 11.3 Å². The summed E-state index contributed by atoms with van der Waals surface area (Å²) in [6, 6.07) is 24.6. The highest BCUT2D eigenvalue weighted by Crippen LogP contribution is 2.46. The summed E-state index contributed by atoms with van der Waals surface area (Å²) in [5.41, 5.74) is 1.71. The second-order valence-corrected chi connectivity index (χ2v) is 9.47. The number of Topliss-reactive ketones (excluding diaryl/α,β-unsaturated/α-hetero) is 1. The largest absolute Gasteiger partial charge is 0.506 e. The van der Waals surface area contributed by atoms with Crippen molar-refractivity contribution in [2.75, 3.05) is 19.1 Å². The minimum absolute atomic E-state index is 0.0374. The van der Waals surface area contributed by atoms with Crippen LogP contribution < -0.4 is 19.1 Å². The Morgan fingerprint density at radius 2 is 1.55 bits per heavy atom. The van der Waals surface area contributed by atoms with Gasteiger partial charge in [-0.2, -0.15) is 0 Å². The van der Waals surface area contributed by atoms with E-state index in [2.05, 4.69) is 0 Å². The van der Waals surface area contributed by atoms with Gasteiger partial charge in [0.15, 0.2) is 0 Å². The van der Waals surface area contributed by atoms with E-state index in [0.29, 0.717) is 29.5 Å². The van der Waals surface area contributed by atoms with Crippen molar-refractivity contribution >= 4 is 34.5 Å². The summed E-state index contributed by atoms with van der Waals surface area (Å²) in [6.07, 6.45) is 0. The van der Waals surface area contributed by atoms with Gasteiger partial charge >= 0.3 is 0 Å². The Morgan fingerprint density at radius 3 is 2.16 bits per heavy atom. The molecule has 0 saturated carbocycles. The smallest absolute Gasteiger partial charge is 0.300 e. The Balaban J connectivity index is 1.55. The number of carbonyl (C=O) groups excluding carboxylic acids is 2. The Hall–Kier alpha value is -4.56. The molecule has 1 amide bonds. The summed E-state index contributed by atoms with van der Waals surface area (Å²) in [5, 5.41) is 13.4. The molecule has 0 spiro atoms. The molecule has 1 aliphatic heterocycles. The van der Waals surface area contributed by atoms with E-state index in [0.717, 1.165) is 10.4 Å². The van der Waals surface area contributed by atoms with E-state index in [9.17, 15) is 14.7 Å². The third-order valence-electron chi connectivity index (χ3n) is 6.28. The zero-order valence-corrected chi connectivity index (χ0v) is 21.6. The van der Waals surface area contributed by atoms with Crippen LogP contribution in [0.5, 0.6) is 17.2 Å². The van der Waals surface area contributed by atoms with Crippen molar-refractivity contribution < 1.29 is 28.9 Å². The van der Waals surface area contributed by atoms with Crippen LogP contribution >= 0.6 is 11.3 Å². The van der Waals surface area contributed by atoms with E-state index in [-0.39, 0.29) is 16.9 Å². The van der Waals surface area contributed by atoms with Gasteiger partial charge < -0.3 is 19.3 Å². The normalized spacial score (nSPS) is 16.5. The van der Waals surface area contributed by atoms with Gasteiger partial charge in [0.05, 0.1) is 19.8 Å². The molecule has 4 aromatic rings. The lowest BCUT2D eigenvalue weighted by Gasteiger charge is -2.24. The van der Waals surface area contributed by atoms with Gasteiger partial charge in [-0.3, -0.25) is 14.5 Å². The van der Waals surface area contributed by atoms with Crippen molar-refractivity contribution in [1.82, 2.24) is 0 Å². The van der Waals surface area contributed by atoms with E-state index in [1.807, 2.05) is 47.8 Å². The quantitative estimate of drug-likeness (QED) is 0.173. The van der Waals surface area contributed by atoms with E-state index in [1.54, 1.807) is 42.5 Å². The zero-order chi connectivity index (χ0) is 26.6. The number of aliphatic hydroxyl groups excluding tert-OH is 1. The molecule has 192 valence electrons. The van der Waals surface area contributed by atoms with Gasteiger partial charge in [0.2, 0.25) is 0 Å². The van der Waals surface area contributed by atoms with Crippen LogP contribution in [0, 0.1) is 0 Å². The average molecular weight is 528 g/mol. The van der Waals surface area contributed by atoms with Crippen LogP contribution in [0.3, 0.4) is 0 Å². The number of methoxy groups -OCH3 is 2. The van der Waals surface area contributed by atoms with Crippen LogP contribution in [0.15, 0.2) is 95.9 Å². The first-order valence-corrected chi connectivity index (χ1v) is 12.7. The Morgan fingerprint density at radius 1 is 0.868 bits per heavy atom. The molecule has 0 radical (unpaired) electrons. The molecule has 3 aromatic carbocycles. The maximum Gasteiger partial charge on any atom is 0.300 e. The maximum absolute atomic E-state index is 13.4. The van der Waals surface area contributed by atoms with Crippen molar-refractivity contribution in [3.63, 3.8) is 0 Å². The molecule has 2 heterocycles. The van der Waals surface area contributed by atoms with Gasteiger partial charge in [-0.05, 0) is 53.4 Å². The topological polar surface area (TPSA) is 85.3 Å². The second kappa shape index (κ2) is 10.8. The molecule has 1 saturated heterocycles. The number of aliphatic hydroxyl groups is 1. The van der Waals surface area contributed by atoms with Gasteiger partial charge in [-0.1, -0.05) is 42.5 Å². The molecule has 5 rings (SSSR count). The average Bonchev–Trinajstić information content (AvgIpc) is 3.58. The van der Waals surface area contributed by atoms with Crippen molar-refractivity contribution in [3.8, 4) is 17.2 Å². The summed E-state index contributed by atoms with van der Waals surface area (Å²) in [7, 11) is 2.92. The molecular weight excluding hydrogens is 502 g/mol. The van der Waals surface area contributed by atoms with Crippen LogP contribution in [0.1, 0.15) is 22.0 Å². The number of benzene rings is 3. The predicted molar refractivity (Wildman–Crippen MR) is 146 cm³/mol. The number of ketones is 1. The molecule has 38 heavy (non-hydrogen) atoms. The fourth-order valence-corrected chi connectivity index (χ4v) is 5.30.